The average Bonchev–Trinajstić information content (AvgIpc) is 2.34. The predicted octanol–water partition coefficient (Wildman–Crippen LogP) is 1.33. The van der Waals surface area contributed by atoms with Crippen molar-refractivity contribution in [3.63, 3.8) is 0 Å². The van der Waals surface area contributed by atoms with E-state index < -0.39 is 5.78 Å². The number of nitrogen functional groups attached to an aromatic ring is 2. The molecule has 0 bridgehead atoms. The molecular formula is C14H10N2O3. The van der Waals surface area contributed by atoms with Crippen molar-refractivity contribution < 1.29 is 14.7 Å². The zero-order valence-electron chi connectivity index (χ0n) is 9.81. The number of aromatic hydroxyl groups is 1. The van der Waals surface area contributed by atoms with Gasteiger partial charge in [0.1, 0.15) is 5.75 Å². The van der Waals surface area contributed by atoms with Crippen LogP contribution in [0, 0.1) is 0 Å². The van der Waals surface area contributed by atoms with E-state index in [1.807, 2.05) is 0 Å². The Balaban J connectivity index is 2.40. The number of phenols is 1. The first-order valence-corrected chi connectivity index (χ1v) is 5.61. The van der Waals surface area contributed by atoms with Gasteiger partial charge in [-0.2, -0.15) is 0 Å². The molecule has 94 valence electrons. The molecule has 1 aliphatic carbocycles. The van der Waals surface area contributed by atoms with E-state index in [1.54, 1.807) is 12.1 Å². The molecule has 2 aromatic rings. The Labute approximate surface area is 108 Å². The SMILES string of the molecule is Nc1cc(O)c2c(c1)C(=O)c1cccc(N)c1C2=O. The zero-order valence-corrected chi connectivity index (χ0v) is 9.81. The number of benzene rings is 2. The number of hydrogen-bond donors (Lipinski definition) is 3. The Bertz CT molecular complexity index is 751. The molecule has 0 atom stereocenters. The van der Waals surface area contributed by atoms with Gasteiger partial charge >= 0.3 is 0 Å². The first kappa shape index (κ1) is 11.3. The minimum absolute atomic E-state index is 0.0374. The molecule has 0 aromatic heterocycles. The van der Waals surface area contributed by atoms with E-state index >= 15 is 0 Å². The van der Waals surface area contributed by atoms with Gasteiger partial charge in [-0.25, -0.2) is 0 Å². The molecule has 5 N–H and O–H groups in total. The van der Waals surface area contributed by atoms with Gasteiger partial charge in [-0.1, -0.05) is 12.1 Å². The Morgan fingerprint density at radius 3 is 2.37 bits per heavy atom. The smallest absolute Gasteiger partial charge is 0.200 e. The largest absolute Gasteiger partial charge is 0.507 e. The summed E-state index contributed by atoms with van der Waals surface area (Å²) in [7, 11) is 0. The van der Waals surface area contributed by atoms with Crippen LogP contribution < -0.4 is 11.5 Å². The van der Waals surface area contributed by atoms with Crippen LogP contribution in [0.3, 0.4) is 0 Å². The van der Waals surface area contributed by atoms with Gasteiger partial charge in [-0.3, -0.25) is 9.59 Å². The fourth-order valence-electron chi connectivity index (χ4n) is 2.35. The van der Waals surface area contributed by atoms with Crippen LogP contribution >= 0.6 is 0 Å². The van der Waals surface area contributed by atoms with Crippen LogP contribution in [-0.4, -0.2) is 16.7 Å². The van der Waals surface area contributed by atoms with E-state index in [1.165, 1.54) is 18.2 Å². The molecule has 3 rings (SSSR count). The lowest BCUT2D eigenvalue weighted by molar-refractivity contribution is 0.0977. The molecular weight excluding hydrogens is 244 g/mol. The van der Waals surface area contributed by atoms with Gasteiger partial charge in [0.05, 0.1) is 11.1 Å². The van der Waals surface area contributed by atoms with Crippen molar-refractivity contribution >= 4 is 22.9 Å². The summed E-state index contributed by atoms with van der Waals surface area (Å²) in [5.74, 6) is -1.12. The van der Waals surface area contributed by atoms with Crippen LogP contribution in [0.2, 0.25) is 0 Å². The molecule has 5 heteroatoms. The number of anilines is 2. The summed E-state index contributed by atoms with van der Waals surface area (Å²) in [4.78, 5) is 24.7. The zero-order chi connectivity index (χ0) is 13.7. The molecule has 5 nitrogen and oxygen atoms in total. The van der Waals surface area contributed by atoms with E-state index in [0.29, 0.717) is 0 Å². The highest BCUT2D eigenvalue weighted by Gasteiger charge is 2.33. The quantitative estimate of drug-likeness (QED) is 0.525. The van der Waals surface area contributed by atoms with Crippen molar-refractivity contribution in [2.24, 2.45) is 0 Å². The molecule has 0 amide bonds. The summed E-state index contributed by atoms with van der Waals surface area (Å²) in [6.45, 7) is 0. The van der Waals surface area contributed by atoms with Crippen molar-refractivity contribution in [1.29, 1.82) is 0 Å². The van der Waals surface area contributed by atoms with Gasteiger partial charge in [0.15, 0.2) is 11.6 Å². The van der Waals surface area contributed by atoms with Gasteiger partial charge in [0.25, 0.3) is 0 Å². The summed E-state index contributed by atoms with van der Waals surface area (Å²) in [6.07, 6.45) is 0. The standard InChI is InChI=1S/C14H10N2O3/c15-6-4-8-12(10(17)5-6)14(19)11-7(13(8)18)2-1-3-9(11)16/h1-5,17H,15-16H2. The van der Waals surface area contributed by atoms with Gasteiger partial charge < -0.3 is 16.6 Å². The highest BCUT2D eigenvalue weighted by Crippen LogP contribution is 2.36. The second kappa shape index (κ2) is 3.58. The van der Waals surface area contributed by atoms with Crippen LogP contribution in [0.25, 0.3) is 0 Å². The molecule has 0 saturated carbocycles. The van der Waals surface area contributed by atoms with Crippen LogP contribution in [0.5, 0.6) is 5.75 Å². The second-order valence-electron chi connectivity index (χ2n) is 4.39. The normalized spacial score (nSPS) is 13.1. The molecule has 0 spiro atoms. The lowest BCUT2D eigenvalue weighted by Gasteiger charge is -2.19. The molecule has 2 aromatic carbocycles. The molecule has 19 heavy (non-hydrogen) atoms. The number of nitrogens with two attached hydrogens (primary N) is 2. The highest BCUT2D eigenvalue weighted by atomic mass is 16.3. The fourth-order valence-corrected chi connectivity index (χ4v) is 2.35. The highest BCUT2D eigenvalue weighted by molar-refractivity contribution is 6.31. The number of hydrogen-bond acceptors (Lipinski definition) is 5. The third kappa shape index (κ3) is 1.41. The van der Waals surface area contributed by atoms with Crippen molar-refractivity contribution in [2.75, 3.05) is 11.5 Å². The number of carbonyl (C=O) groups excluding carboxylic acids is 2. The van der Waals surface area contributed by atoms with Crippen LogP contribution in [0.4, 0.5) is 11.4 Å². The topological polar surface area (TPSA) is 106 Å². The summed E-state index contributed by atoms with van der Waals surface area (Å²) >= 11 is 0. The second-order valence-corrected chi connectivity index (χ2v) is 4.39. The maximum atomic E-state index is 12.4. The van der Waals surface area contributed by atoms with Crippen LogP contribution in [0.1, 0.15) is 31.8 Å². The third-order valence-electron chi connectivity index (χ3n) is 3.18. The molecule has 1 aliphatic rings. The summed E-state index contributed by atoms with van der Waals surface area (Å²) < 4.78 is 0. The molecule has 0 radical (unpaired) electrons. The molecule has 0 unspecified atom stereocenters. The van der Waals surface area contributed by atoms with Gasteiger partial charge in [0, 0.05) is 28.6 Å². The number of phenolic OH excluding ortho intramolecular Hbond substituents is 1. The van der Waals surface area contributed by atoms with Crippen molar-refractivity contribution in [1.82, 2.24) is 0 Å². The van der Waals surface area contributed by atoms with Gasteiger partial charge in [-0.05, 0) is 12.1 Å². The Hall–Kier alpha value is -2.82. The van der Waals surface area contributed by atoms with Crippen molar-refractivity contribution in [3.05, 3.63) is 52.6 Å². The third-order valence-corrected chi connectivity index (χ3v) is 3.18. The van der Waals surface area contributed by atoms with E-state index in [4.69, 9.17) is 11.5 Å². The molecule has 0 aliphatic heterocycles. The molecule has 0 saturated heterocycles. The van der Waals surface area contributed by atoms with E-state index in [9.17, 15) is 14.7 Å². The van der Waals surface area contributed by atoms with Crippen LogP contribution in [-0.2, 0) is 0 Å². The minimum atomic E-state index is -0.458. The monoisotopic (exact) mass is 254 g/mol. The Morgan fingerprint density at radius 2 is 1.63 bits per heavy atom. The summed E-state index contributed by atoms with van der Waals surface area (Å²) in [5, 5.41) is 9.85. The number of fused-ring (bicyclic) bond motifs is 2. The maximum absolute atomic E-state index is 12.4. The first-order valence-electron chi connectivity index (χ1n) is 5.61. The van der Waals surface area contributed by atoms with Gasteiger partial charge in [0.2, 0.25) is 0 Å². The average molecular weight is 254 g/mol. The number of rotatable bonds is 0. The lowest BCUT2D eigenvalue weighted by Crippen LogP contribution is -2.22. The van der Waals surface area contributed by atoms with E-state index in [-0.39, 0.29) is 45.2 Å². The van der Waals surface area contributed by atoms with Crippen molar-refractivity contribution in [3.8, 4) is 5.75 Å². The number of ketones is 2. The minimum Gasteiger partial charge on any atom is -0.507 e. The maximum Gasteiger partial charge on any atom is 0.200 e. The number of carbonyl (C=O) groups is 2. The molecule has 0 fully saturated rings. The van der Waals surface area contributed by atoms with E-state index in [2.05, 4.69) is 0 Å². The molecule has 0 heterocycles. The first-order chi connectivity index (χ1) is 9.00. The van der Waals surface area contributed by atoms with Gasteiger partial charge in [-0.15, -0.1) is 0 Å². The predicted molar refractivity (Wildman–Crippen MR) is 70.2 cm³/mol. The summed E-state index contributed by atoms with van der Waals surface area (Å²) in [5.41, 5.74) is 12.2. The summed E-state index contributed by atoms with van der Waals surface area (Å²) in [6, 6.07) is 7.32. The Kier molecular flexibility index (Phi) is 2.13. The van der Waals surface area contributed by atoms with Crippen LogP contribution in [0.15, 0.2) is 30.3 Å². The van der Waals surface area contributed by atoms with Crippen molar-refractivity contribution in [2.45, 2.75) is 0 Å². The fraction of sp³-hybridized carbons (Fsp3) is 0. The Morgan fingerprint density at radius 1 is 0.895 bits per heavy atom. The van der Waals surface area contributed by atoms with E-state index in [0.717, 1.165) is 0 Å². The lowest BCUT2D eigenvalue weighted by atomic mass is 9.82.